The molecule has 7 nitrogen and oxygen atoms in total. The number of piperazine rings is 1. The Morgan fingerprint density at radius 1 is 1.03 bits per heavy atom. The Hall–Kier alpha value is -3.23. The molecule has 2 heterocycles. The van der Waals surface area contributed by atoms with Crippen molar-refractivity contribution in [3.8, 4) is 5.75 Å². The lowest BCUT2D eigenvalue weighted by Crippen LogP contribution is -2.45. The minimum Gasteiger partial charge on any atom is -0.497 e. The summed E-state index contributed by atoms with van der Waals surface area (Å²) in [5.74, 6) is 0.634. The molecule has 2 aromatic carbocycles. The molecule has 0 bridgehead atoms. The minimum absolute atomic E-state index is 0.206. The quantitative estimate of drug-likeness (QED) is 0.627. The number of oxazole rings is 1. The number of carbonyl (C=O) groups is 1. The van der Waals surface area contributed by atoms with E-state index in [-0.39, 0.29) is 17.4 Å². The van der Waals surface area contributed by atoms with Gasteiger partial charge in [-0.3, -0.25) is 14.6 Å². The third-order valence-electron chi connectivity index (χ3n) is 5.28. The average Bonchev–Trinajstić information content (AvgIpc) is 3.26. The van der Waals surface area contributed by atoms with E-state index in [1.54, 1.807) is 7.11 Å². The fourth-order valence-electron chi connectivity index (χ4n) is 3.50. The Morgan fingerprint density at radius 2 is 1.68 bits per heavy atom. The number of carbonyl (C=O) groups excluding carboxylic acids is 1. The second-order valence-electron chi connectivity index (χ2n) is 7.49. The molecule has 1 saturated heterocycles. The van der Waals surface area contributed by atoms with Crippen LogP contribution in [0.3, 0.4) is 0 Å². The van der Waals surface area contributed by atoms with E-state index in [1.165, 1.54) is 36.1 Å². The van der Waals surface area contributed by atoms with Crippen LogP contribution >= 0.6 is 0 Å². The van der Waals surface area contributed by atoms with Crippen molar-refractivity contribution in [1.82, 2.24) is 14.8 Å². The number of methoxy groups -OCH3 is 1. The van der Waals surface area contributed by atoms with E-state index >= 15 is 0 Å². The highest BCUT2D eigenvalue weighted by molar-refractivity contribution is 6.02. The van der Waals surface area contributed by atoms with Crippen molar-refractivity contribution >= 4 is 11.6 Å². The first-order valence-electron chi connectivity index (χ1n) is 10.2. The Labute approximate surface area is 180 Å². The Morgan fingerprint density at radius 3 is 2.32 bits per heavy atom. The van der Waals surface area contributed by atoms with Crippen LogP contribution in [-0.2, 0) is 13.1 Å². The van der Waals surface area contributed by atoms with Gasteiger partial charge in [0.2, 0.25) is 5.89 Å². The molecule has 1 aromatic heterocycles. The van der Waals surface area contributed by atoms with Gasteiger partial charge in [0.05, 0.1) is 13.7 Å². The summed E-state index contributed by atoms with van der Waals surface area (Å²) in [6.45, 7) is 5.16. The first-order chi connectivity index (χ1) is 15.1. The molecule has 3 aromatic rings. The first kappa shape index (κ1) is 21.0. The molecule has 1 N–H and O–H groups in total. The van der Waals surface area contributed by atoms with Crippen LogP contribution in [0.1, 0.15) is 21.9 Å². The zero-order valence-electron chi connectivity index (χ0n) is 17.4. The number of amides is 1. The smallest absolute Gasteiger partial charge is 0.277 e. The van der Waals surface area contributed by atoms with Crippen LogP contribution < -0.4 is 10.1 Å². The molecule has 0 atom stereocenters. The van der Waals surface area contributed by atoms with Gasteiger partial charge in [-0.25, -0.2) is 9.37 Å². The van der Waals surface area contributed by atoms with Crippen molar-refractivity contribution in [1.29, 1.82) is 0 Å². The molecule has 0 aliphatic carbocycles. The standard InChI is InChI=1S/C23H25FN4O3/c1-30-20-8-2-17(3-9-20)14-27-10-12-28(13-11-27)15-22-26-21(16-31-22)23(29)25-19-6-4-18(24)5-7-19/h2-9,16H,10-15H2,1H3,(H,25,29). The fourth-order valence-corrected chi connectivity index (χ4v) is 3.50. The molecule has 1 fully saturated rings. The van der Waals surface area contributed by atoms with Gasteiger partial charge in [0.25, 0.3) is 5.91 Å². The van der Waals surface area contributed by atoms with Crippen molar-refractivity contribution in [3.05, 3.63) is 77.8 Å². The van der Waals surface area contributed by atoms with Crippen molar-refractivity contribution in [2.75, 3.05) is 38.6 Å². The van der Waals surface area contributed by atoms with E-state index in [4.69, 9.17) is 9.15 Å². The number of anilines is 1. The predicted octanol–water partition coefficient (Wildman–Crippen LogP) is 3.39. The molecule has 0 saturated carbocycles. The molecule has 0 unspecified atom stereocenters. The van der Waals surface area contributed by atoms with E-state index in [0.29, 0.717) is 18.1 Å². The van der Waals surface area contributed by atoms with Crippen LogP contribution in [0.25, 0.3) is 0 Å². The summed E-state index contributed by atoms with van der Waals surface area (Å²) in [5, 5.41) is 2.68. The molecule has 0 radical (unpaired) electrons. The monoisotopic (exact) mass is 424 g/mol. The Balaban J connectivity index is 1.24. The number of benzene rings is 2. The second kappa shape index (κ2) is 9.72. The van der Waals surface area contributed by atoms with Crippen molar-refractivity contribution < 1.29 is 18.3 Å². The van der Waals surface area contributed by atoms with Gasteiger partial charge in [0.1, 0.15) is 17.8 Å². The fraction of sp³-hybridized carbons (Fsp3) is 0.304. The van der Waals surface area contributed by atoms with Crippen LogP contribution in [0.15, 0.2) is 59.2 Å². The zero-order chi connectivity index (χ0) is 21.6. The third kappa shape index (κ3) is 5.68. The topological polar surface area (TPSA) is 70.8 Å². The van der Waals surface area contributed by atoms with E-state index < -0.39 is 0 Å². The molecule has 4 rings (SSSR count). The predicted molar refractivity (Wildman–Crippen MR) is 114 cm³/mol. The summed E-state index contributed by atoms with van der Waals surface area (Å²) in [6, 6.07) is 13.7. The average molecular weight is 424 g/mol. The summed E-state index contributed by atoms with van der Waals surface area (Å²) in [5.41, 5.74) is 1.97. The number of nitrogens with zero attached hydrogens (tertiary/aromatic N) is 3. The number of halogens is 1. The highest BCUT2D eigenvalue weighted by Gasteiger charge is 2.20. The summed E-state index contributed by atoms with van der Waals surface area (Å²) in [7, 11) is 1.67. The van der Waals surface area contributed by atoms with Gasteiger partial charge < -0.3 is 14.5 Å². The van der Waals surface area contributed by atoms with Gasteiger partial charge in [0, 0.05) is 38.4 Å². The molecule has 8 heteroatoms. The van der Waals surface area contributed by atoms with Gasteiger partial charge >= 0.3 is 0 Å². The van der Waals surface area contributed by atoms with Crippen molar-refractivity contribution in [3.63, 3.8) is 0 Å². The SMILES string of the molecule is COc1ccc(CN2CCN(Cc3nc(C(=O)Nc4ccc(F)cc4)co3)CC2)cc1. The number of hydrogen-bond donors (Lipinski definition) is 1. The van der Waals surface area contributed by atoms with E-state index in [0.717, 1.165) is 38.5 Å². The van der Waals surface area contributed by atoms with Crippen LogP contribution in [-0.4, -0.2) is 54.0 Å². The van der Waals surface area contributed by atoms with Gasteiger partial charge in [0.15, 0.2) is 5.69 Å². The Bertz CT molecular complexity index is 996. The molecule has 162 valence electrons. The molecule has 1 aliphatic rings. The third-order valence-corrected chi connectivity index (χ3v) is 5.28. The number of aromatic nitrogens is 1. The number of hydrogen-bond acceptors (Lipinski definition) is 6. The van der Waals surface area contributed by atoms with E-state index in [2.05, 4.69) is 32.2 Å². The van der Waals surface area contributed by atoms with E-state index in [9.17, 15) is 9.18 Å². The van der Waals surface area contributed by atoms with Crippen molar-refractivity contribution in [2.45, 2.75) is 13.1 Å². The second-order valence-corrected chi connectivity index (χ2v) is 7.49. The number of rotatable bonds is 7. The van der Waals surface area contributed by atoms with Gasteiger partial charge in [-0.2, -0.15) is 0 Å². The largest absolute Gasteiger partial charge is 0.497 e. The highest BCUT2D eigenvalue weighted by Crippen LogP contribution is 2.16. The summed E-state index contributed by atoms with van der Waals surface area (Å²) < 4.78 is 23.7. The summed E-state index contributed by atoms with van der Waals surface area (Å²) in [4.78, 5) is 21.3. The lowest BCUT2D eigenvalue weighted by molar-refractivity contribution is 0.102. The maximum absolute atomic E-state index is 13.0. The van der Waals surface area contributed by atoms with Gasteiger partial charge in [-0.15, -0.1) is 0 Å². The van der Waals surface area contributed by atoms with Crippen LogP contribution in [0.5, 0.6) is 5.75 Å². The maximum atomic E-state index is 13.0. The van der Waals surface area contributed by atoms with Gasteiger partial charge in [-0.05, 0) is 42.0 Å². The van der Waals surface area contributed by atoms with Crippen LogP contribution in [0, 0.1) is 5.82 Å². The molecule has 0 spiro atoms. The maximum Gasteiger partial charge on any atom is 0.277 e. The molecule has 31 heavy (non-hydrogen) atoms. The molecular weight excluding hydrogens is 399 g/mol. The van der Waals surface area contributed by atoms with Gasteiger partial charge in [-0.1, -0.05) is 12.1 Å². The molecule has 1 amide bonds. The first-order valence-corrected chi connectivity index (χ1v) is 10.2. The van der Waals surface area contributed by atoms with E-state index in [1.807, 2.05) is 12.1 Å². The van der Waals surface area contributed by atoms with Crippen LogP contribution in [0.4, 0.5) is 10.1 Å². The highest BCUT2D eigenvalue weighted by atomic mass is 19.1. The Kier molecular flexibility index (Phi) is 6.59. The minimum atomic E-state index is -0.383. The summed E-state index contributed by atoms with van der Waals surface area (Å²) in [6.07, 6.45) is 1.36. The van der Waals surface area contributed by atoms with Crippen molar-refractivity contribution in [2.24, 2.45) is 0 Å². The number of ether oxygens (including phenoxy) is 1. The number of nitrogens with one attached hydrogen (secondary N) is 1. The normalized spacial score (nSPS) is 15.0. The van der Waals surface area contributed by atoms with Crippen LogP contribution in [0.2, 0.25) is 0 Å². The zero-order valence-corrected chi connectivity index (χ0v) is 17.4. The lowest BCUT2D eigenvalue weighted by Gasteiger charge is -2.34. The lowest BCUT2D eigenvalue weighted by atomic mass is 10.2. The molecule has 1 aliphatic heterocycles. The molecular formula is C23H25FN4O3. The summed E-state index contributed by atoms with van der Waals surface area (Å²) >= 11 is 0.